The van der Waals surface area contributed by atoms with Gasteiger partial charge in [0.2, 0.25) is 0 Å². The maximum atomic E-state index is 13.5. The third-order valence-electron chi connectivity index (χ3n) is 5.23. The molecule has 2 heterocycles. The van der Waals surface area contributed by atoms with Crippen molar-refractivity contribution >= 4 is 0 Å². The van der Waals surface area contributed by atoms with Crippen LogP contribution in [0.15, 0.2) is 18.2 Å². The van der Waals surface area contributed by atoms with Gasteiger partial charge < -0.3 is 5.32 Å². The first-order valence-corrected chi connectivity index (χ1v) is 7.99. The Bertz CT molecular complexity index is 492. The van der Waals surface area contributed by atoms with Crippen molar-refractivity contribution in [1.29, 1.82) is 0 Å². The van der Waals surface area contributed by atoms with Crippen LogP contribution in [0.4, 0.5) is 8.78 Å². The van der Waals surface area contributed by atoms with E-state index in [1.54, 1.807) is 6.07 Å². The summed E-state index contributed by atoms with van der Waals surface area (Å²) in [7, 11) is 0. The number of piperidine rings is 2. The van der Waals surface area contributed by atoms with Crippen LogP contribution in [0.5, 0.6) is 0 Å². The van der Waals surface area contributed by atoms with Gasteiger partial charge in [-0.2, -0.15) is 0 Å². The summed E-state index contributed by atoms with van der Waals surface area (Å²) < 4.78 is 26.5. The fraction of sp³-hybridized carbons (Fsp3) is 0.647. The van der Waals surface area contributed by atoms with Crippen LogP contribution in [0.25, 0.3) is 0 Å². The number of nitrogens with zero attached hydrogens (tertiary/aromatic N) is 1. The molecule has 0 bridgehead atoms. The van der Waals surface area contributed by atoms with Crippen LogP contribution >= 0.6 is 0 Å². The van der Waals surface area contributed by atoms with E-state index in [9.17, 15) is 8.78 Å². The average Bonchev–Trinajstić information content (AvgIpc) is 2.50. The average molecular weight is 294 g/mol. The Kier molecular flexibility index (Phi) is 4.27. The molecule has 2 unspecified atom stereocenters. The van der Waals surface area contributed by atoms with Crippen molar-refractivity contribution in [2.24, 2.45) is 5.41 Å². The van der Waals surface area contributed by atoms with Gasteiger partial charge in [0, 0.05) is 19.1 Å². The molecule has 2 saturated heterocycles. The van der Waals surface area contributed by atoms with Crippen molar-refractivity contribution in [2.45, 2.75) is 38.6 Å². The first-order chi connectivity index (χ1) is 10.1. The lowest BCUT2D eigenvalue weighted by molar-refractivity contribution is 0.0415. The van der Waals surface area contributed by atoms with Gasteiger partial charge in [0.05, 0.1) is 0 Å². The van der Waals surface area contributed by atoms with E-state index in [1.807, 2.05) is 0 Å². The first-order valence-electron chi connectivity index (χ1n) is 7.99. The third-order valence-corrected chi connectivity index (χ3v) is 5.23. The molecule has 1 N–H and O–H groups in total. The van der Waals surface area contributed by atoms with E-state index in [1.165, 1.54) is 37.8 Å². The zero-order chi connectivity index (χ0) is 14.9. The highest BCUT2D eigenvalue weighted by Crippen LogP contribution is 2.38. The maximum Gasteiger partial charge on any atom is 0.159 e. The van der Waals surface area contributed by atoms with E-state index in [0.717, 1.165) is 31.7 Å². The number of halogens is 2. The standard InChI is InChI=1S/C17H24F2N2/c1-13(14-4-5-15(18)16(19)10-14)21-9-3-7-17(12-21)6-2-8-20-11-17/h4-5,10,13,20H,2-3,6-9,11-12H2,1H3. The number of likely N-dealkylation sites (tertiary alicyclic amines) is 1. The molecule has 4 heteroatoms. The van der Waals surface area contributed by atoms with Crippen LogP contribution < -0.4 is 5.32 Å². The molecule has 0 amide bonds. The van der Waals surface area contributed by atoms with E-state index in [2.05, 4.69) is 17.1 Å². The smallest absolute Gasteiger partial charge is 0.159 e. The maximum absolute atomic E-state index is 13.5. The van der Waals surface area contributed by atoms with Crippen LogP contribution in [-0.4, -0.2) is 31.1 Å². The van der Waals surface area contributed by atoms with Crippen molar-refractivity contribution in [3.05, 3.63) is 35.4 Å². The van der Waals surface area contributed by atoms with E-state index in [0.29, 0.717) is 5.41 Å². The molecule has 1 aromatic carbocycles. The van der Waals surface area contributed by atoms with E-state index < -0.39 is 11.6 Å². The molecule has 2 aliphatic heterocycles. The number of nitrogens with one attached hydrogen (secondary N) is 1. The summed E-state index contributed by atoms with van der Waals surface area (Å²) in [6.07, 6.45) is 4.99. The first kappa shape index (κ1) is 14.9. The summed E-state index contributed by atoms with van der Waals surface area (Å²) >= 11 is 0. The Morgan fingerprint density at radius 1 is 1.19 bits per heavy atom. The van der Waals surface area contributed by atoms with Gasteiger partial charge in [-0.3, -0.25) is 4.90 Å². The van der Waals surface area contributed by atoms with Crippen LogP contribution in [0.1, 0.15) is 44.2 Å². The Morgan fingerprint density at radius 2 is 2.00 bits per heavy atom. The molecular weight excluding hydrogens is 270 g/mol. The largest absolute Gasteiger partial charge is 0.316 e. The normalized spacial score (nSPS) is 28.7. The van der Waals surface area contributed by atoms with Crippen LogP contribution in [0.2, 0.25) is 0 Å². The topological polar surface area (TPSA) is 15.3 Å². The molecule has 2 atom stereocenters. The minimum atomic E-state index is -0.766. The predicted molar refractivity (Wildman–Crippen MR) is 80.1 cm³/mol. The van der Waals surface area contributed by atoms with Crippen molar-refractivity contribution in [2.75, 3.05) is 26.2 Å². The second kappa shape index (κ2) is 6.01. The highest BCUT2D eigenvalue weighted by molar-refractivity contribution is 5.21. The van der Waals surface area contributed by atoms with Crippen molar-refractivity contribution in [1.82, 2.24) is 10.2 Å². The van der Waals surface area contributed by atoms with Crippen LogP contribution in [-0.2, 0) is 0 Å². The van der Waals surface area contributed by atoms with Gasteiger partial charge in [-0.05, 0) is 68.8 Å². The molecule has 1 spiro atoms. The number of rotatable bonds is 2. The number of hydrogen-bond donors (Lipinski definition) is 1. The monoisotopic (exact) mass is 294 g/mol. The molecule has 2 nitrogen and oxygen atoms in total. The van der Waals surface area contributed by atoms with Gasteiger partial charge in [0.15, 0.2) is 11.6 Å². The predicted octanol–water partition coefficient (Wildman–Crippen LogP) is 3.49. The van der Waals surface area contributed by atoms with E-state index in [4.69, 9.17) is 0 Å². The minimum absolute atomic E-state index is 0.138. The Labute approximate surface area is 125 Å². The summed E-state index contributed by atoms with van der Waals surface area (Å²) in [5, 5.41) is 3.52. The number of benzene rings is 1. The lowest BCUT2D eigenvalue weighted by Crippen LogP contribution is -2.51. The summed E-state index contributed by atoms with van der Waals surface area (Å²) in [5.74, 6) is -1.51. The molecular formula is C17H24F2N2. The molecule has 2 aliphatic rings. The van der Waals surface area contributed by atoms with Gasteiger partial charge in [-0.1, -0.05) is 6.07 Å². The molecule has 21 heavy (non-hydrogen) atoms. The van der Waals surface area contributed by atoms with Crippen molar-refractivity contribution in [3.63, 3.8) is 0 Å². The minimum Gasteiger partial charge on any atom is -0.316 e. The molecule has 0 saturated carbocycles. The Hall–Kier alpha value is -1.00. The summed E-state index contributed by atoms with van der Waals surface area (Å²) in [6.45, 7) is 6.42. The number of hydrogen-bond acceptors (Lipinski definition) is 2. The van der Waals surface area contributed by atoms with E-state index in [-0.39, 0.29) is 6.04 Å². The molecule has 3 rings (SSSR count). The van der Waals surface area contributed by atoms with Crippen LogP contribution in [0.3, 0.4) is 0 Å². The zero-order valence-corrected chi connectivity index (χ0v) is 12.7. The van der Waals surface area contributed by atoms with Crippen LogP contribution in [0, 0.1) is 17.0 Å². The summed E-state index contributed by atoms with van der Waals surface area (Å²) in [5.41, 5.74) is 1.25. The van der Waals surface area contributed by atoms with Gasteiger partial charge in [-0.15, -0.1) is 0 Å². The quantitative estimate of drug-likeness (QED) is 0.898. The lowest BCUT2D eigenvalue weighted by atomic mass is 9.74. The Balaban J connectivity index is 1.74. The Morgan fingerprint density at radius 3 is 2.71 bits per heavy atom. The summed E-state index contributed by atoms with van der Waals surface area (Å²) in [6, 6.07) is 4.44. The highest BCUT2D eigenvalue weighted by Gasteiger charge is 2.37. The fourth-order valence-corrected chi connectivity index (χ4v) is 3.94. The molecule has 116 valence electrons. The van der Waals surface area contributed by atoms with E-state index >= 15 is 0 Å². The van der Waals surface area contributed by atoms with Gasteiger partial charge in [-0.25, -0.2) is 8.78 Å². The third kappa shape index (κ3) is 3.11. The lowest BCUT2D eigenvalue weighted by Gasteiger charge is -2.47. The zero-order valence-electron chi connectivity index (χ0n) is 12.7. The molecule has 0 aliphatic carbocycles. The van der Waals surface area contributed by atoms with Crippen molar-refractivity contribution in [3.8, 4) is 0 Å². The van der Waals surface area contributed by atoms with Gasteiger partial charge >= 0.3 is 0 Å². The van der Waals surface area contributed by atoms with Crippen molar-refractivity contribution < 1.29 is 8.78 Å². The van der Waals surface area contributed by atoms with Gasteiger partial charge in [0.25, 0.3) is 0 Å². The molecule has 0 aromatic heterocycles. The highest BCUT2D eigenvalue weighted by atomic mass is 19.2. The second-order valence-electron chi connectivity index (χ2n) is 6.70. The SMILES string of the molecule is CC(c1ccc(F)c(F)c1)N1CCCC2(CCCNC2)C1. The summed E-state index contributed by atoms with van der Waals surface area (Å²) in [4.78, 5) is 2.43. The van der Waals surface area contributed by atoms with Gasteiger partial charge in [0.1, 0.15) is 0 Å². The molecule has 1 aromatic rings. The second-order valence-corrected chi connectivity index (χ2v) is 6.70. The molecule has 0 radical (unpaired) electrons. The molecule has 2 fully saturated rings. The fourth-order valence-electron chi connectivity index (χ4n) is 3.94.